The number of fused-ring (bicyclic) bond motifs is 1. The van der Waals surface area contributed by atoms with Gasteiger partial charge < -0.3 is 0 Å². The summed E-state index contributed by atoms with van der Waals surface area (Å²) in [5.74, 6) is 0. The van der Waals surface area contributed by atoms with Gasteiger partial charge in [-0.1, -0.05) is 0 Å². The van der Waals surface area contributed by atoms with Crippen LogP contribution in [0, 0.1) is 0 Å². The highest BCUT2D eigenvalue weighted by Crippen LogP contribution is 2.18. The van der Waals surface area contributed by atoms with Crippen molar-refractivity contribution in [2.45, 2.75) is 0 Å². The van der Waals surface area contributed by atoms with Gasteiger partial charge >= 0.3 is 0 Å². The molecule has 0 aliphatic heterocycles. The summed E-state index contributed by atoms with van der Waals surface area (Å²) in [6.07, 6.45) is 2.41. The fraction of sp³-hybridized carbons (Fsp3) is 0.125. The number of nitrogens with zero attached hydrogens (tertiary/aromatic N) is 3. The lowest BCUT2D eigenvalue weighted by Gasteiger charge is -1.92. The van der Waals surface area contributed by atoms with Gasteiger partial charge in [0, 0.05) is 17.7 Å². The fourth-order valence-electron chi connectivity index (χ4n) is 1.23. The Morgan fingerprint density at radius 2 is 2.38 bits per heavy atom. The molecule has 0 saturated heterocycles. The van der Waals surface area contributed by atoms with E-state index in [0.29, 0.717) is 11.3 Å². The number of rotatable bonds is 1. The molecule has 0 atom stereocenters. The van der Waals surface area contributed by atoms with E-state index in [1.54, 1.807) is 17.9 Å². The molecule has 4 nitrogen and oxygen atoms in total. The summed E-state index contributed by atoms with van der Waals surface area (Å²) in [4.78, 5) is 14.8. The third kappa shape index (κ3) is 1.25. The molecule has 0 spiro atoms. The van der Waals surface area contributed by atoms with Crippen LogP contribution < -0.4 is 0 Å². The van der Waals surface area contributed by atoms with Gasteiger partial charge in [-0.25, -0.2) is 9.67 Å². The Kier molecular flexibility index (Phi) is 1.88. The van der Waals surface area contributed by atoms with Crippen LogP contribution >= 0.6 is 15.9 Å². The number of pyridine rings is 1. The van der Waals surface area contributed by atoms with E-state index in [4.69, 9.17) is 0 Å². The smallest absolute Gasteiger partial charge is 0.171 e. The van der Waals surface area contributed by atoms with Crippen molar-refractivity contribution in [3.63, 3.8) is 0 Å². The summed E-state index contributed by atoms with van der Waals surface area (Å²) in [5.41, 5.74) is 1.14. The molecule has 0 aliphatic carbocycles. The summed E-state index contributed by atoms with van der Waals surface area (Å²) in [6, 6.07) is 1.83. The van der Waals surface area contributed by atoms with Crippen LogP contribution in [0.15, 0.2) is 16.7 Å². The molecule has 2 heterocycles. The predicted molar refractivity (Wildman–Crippen MR) is 51.6 cm³/mol. The second-order valence-corrected chi connectivity index (χ2v) is 3.57. The Morgan fingerprint density at radius 3 is 3.08 bits per heavy atom. The molecule has 0 N–H and O–H groups in total. The third-order valence-electron chi connectivity index (χ3n) is 1.79. The minimum atomic E-state index is 0.423. The van der Waals surface area contributed by atoms with Gasteiger partial charge in [0.15, 0.2) is 11.9 Å². The van der Waals surface area contributed by atoms with Crippen LogP contribution in [-0.4, -0.2) is 21.1 Å². The second kappa shape index (κ2) is 2.92. The van der Waals surface area contributed by atoms with Crippen molar-refractivity contribution in [2.24, 2.45) is 7.05 Å². The minimum absolute atomic E-state index is 0.423. The van der Waals surface area contributed by atoms with Gasteiger partial charge in [0.2, 0.25) is 0 Å². The highest BCUT2D eigenvalue weighted by atomic mass is 79.9. The molecule has 2 rings (SSSR count). The van der Waals surface area contributed by atoms with Gasteiger partial charge in [-0.2, -0.15) is 5.10 Å². The normalized spacial score (nSPS) is 10.6. The molecule has 0 radical (unpaired) electrons. The maximum absolute atomic E-state index is 10.6. The van der Waals surface area contributed by atoms with Crippen molar-refractivity contribution in [1.82, 2.24) is 14.8 Å². The second-order valence-electron chi connectivity index (χ2n) is 2.65. The first-order chi connectivity index (χ1) is 6.22. The number of hydrogen-bond donors (Lipinski definition) is 0. The first-order valence-corrected chi connectivity index (χ1v) is 4.45. The van der Waals surface area contributed by atoms with Crippen molar-refractivity contribution >= 4 is 33.2 Å². The number of aryl methyl sites for hydroxylation is 1. The topological polar surface area (TPSA) is 47.8 Å². The number of carbonyl (C=O) groups excluding carboxylic acids is 1. The average molecular weight is 240 g/mol. The Balaban J connectivity index is 2.89. The van der Waals surface area contributed by atoms with Crippen LogP contribution in [0.4, 0.5) is 0 Å². The van der Waals surface area contributed by atoms with Crippen molar-refractivity contribution < 1.29 is 4.79 Å². The van der Waals surface area contributed by atoms with Crippen LogP contribution in [0.1, 0.15) is 10.5 Å². The summed E-state index contributed by atoms with van der Waals surface area (Å²) < 4.78 is 2.43. The summed E-state index contributed by atoms with van der Waals surface area (Å²) in [7, 11) is 1.76. The molecule has 5 heteroatoms. The Labute approximate surface area is 82.7 Å². The molecule has 0 bridgehead atoms. The molecular weight excluding hydrogens is 234 g/mol. The molecule has 66 valence electrons. The molecule has 0 aliphatic rings. The maximum Gasteiger partial charge on any atom is 0.171 e. The summed E-state index contributed by atoms with van der Waals surface area (Å²) >= 11 is 3.29. The molecule has 0 aromatic carbocycles. The van der Waals surface area contributed by atoms with Crippen LogP contribution in [0.25, 0.3) is 11.0 Å². The highest BCUT2D eigenvalue weighted by molar-refractivity contribution is 9.10. The van der Waals surface area contributed by atoms with Gasteiger partial charge in [-0.05, 0) is 22.0 Å². The first-order valence-electron chi connectivity index (χ1n) is 3.66. The Hall–Kier alpha value is -1.23. The van der Waals surface area contributed by atoms with E-state index in [2.05, 4.69) is 26.0 Å². The molecule has 0 amide bonds. The minimum Gasteiger partial charge on any atom is -0.296 e. The van der Waals surface area contributed by atoms with E-state index in [1.807, 2.05) is 6.07 Å². The van der Waals surface area contributed by atoms with Crippen molar-refractivity contribution in [3.8, 4) is 0 Å². The quantitative estimate of drug-likeness (QED) is 0.710. The fourth-order valence-corrected chi connectivity index (χ4v) is 1.56. The van der Waals surface area contributed by atoms with E-state index in [-0.39, 0.29) is 0 Å². The first kappa shape index (κ1) is 8.37. The lowest BCUT2D eigenvalue weighted by molar-refractivity contribution is 0.112. The van der Waals surface area contributed by atoms with E-state index < -0.39 is 0 Å². The number of halogens is 1. The van der Waals surface area contributed by atoms with Gasteiger partial charge in [-0.3, -0.25) is 4.79 Å². The monoisotopic (exact) mass is 239 g/mol. The number of aldehydes is 1. The Morgan fingerprint density at radius 1 is 1.62 bits per heavy atom. The number of aromatic nitrogens is 3. The van der Waals surface area contributed by atoms with Crippen molar-refractivity contribution in [3.05, 3.63) is 22.4 Å². The van der Waals surface area contributed by atoms with Crippen LogP contribution in [0.3, 0.4) is 0 Å². The molecule has 13 heavy (non-hydrogen) atoms. The molecule has 2 aromatic heterocycles. The van der Waals surface area contributed by atoms with Crippen molar-refractivity contribution in [2.75, 3.05) is 0 Å². The predicted octanol–water partition coefficient (Wildman–Crippen LogP) is 1.54. The zero-order chi connectivity index (χ0) is 9.42. The summed E-state index contributed by atoms with van der Waals surface area (Å²) in [5, 5.41) is 4.78. The van der Waals surface area contributed by atoms with Gasteiger partial charge in [0.05, 0.1) is 5.39 Å². The summed E-state index contributed by atoms with van der Waals surface area (Å²) in [6.45, 7) is 0. The van der Waals surface area contributed by atoms with E-state index >= 15 is 0 Å². The molecule has 0 fully saturated rings. The van der Waals surface area contributed by atoms with E-state index in [0.717, 1.165) is 16.1 Å². The zero-order valence-electron chi connectivity index (χ0n) is 6.86. The molecule has 0 unspecified atom stereocenters. The number of carbonyl (C=O) groups is 1. The zero-order valence-corrected chi connectivity index (χ0v) is 8.45. The van der Waals surface area contributed by atoms with Crippen LogP contribution in [0.2, 0.25) is 0 Å². The SMILES string of the molecule is Cn1nc(C=O)c2cc(Br)cnc21. The van der Waals surface area contributed by atoms with Crippen molar-refractivity contribution in [1.29, 1.82) is 0 Å². The van der Waals surface area contributed by atoms with Gasteiger partial charge in [0.1, 0.15) is 5.69 Å². The molecule has 2 aromatic rings. The third-order valence-corrected chi connectivity index (χ3v) is 2.22. The van der Waals surface area contributed by atoms with Gasteiger partial charge in [-0.15, -0.1) is 0 Å². The van der Waals surface area contributed by atoms with Gasteiger partial charge in [0.25, 0.3) is 0 Å². The lowest BCUT2D eigenvalue weighted by atomic mass is 10.3. The largest absolute Gasteiger partial charge is 0.296 e. The van der Waals surface area contributed by atoms with Crippen LogP contribution in [-0.2, 0) is 7.05 Å². The van der Waals surface area contributed by atoms with E-state index in [9.17, 15) is 4.79 Å². The average Bonchev–Trinajstić information content (AvgIpc) is 2.42. The lowest BCUT2D eigenvalue weighted by Crippen LogP contribution is -1.91. The number of hydrogen-bond acceptors (Lipinski definition) is 3. The van der Waals surface area contributed by atoms with Crippen LogP contribution in [0.5, 0.6) is 0 Å². The molecular formula is C8H6BrN3O. The molecule has 0 saturated carbocycles. The standard InChI is InChI=1S/C8H6BrN3O/c1-12-8-6(7(4-13)11-12)2-5(9)3-10-8/h2-4H,1H3. The Bertz CT molecular complexity index is 477. The highest BCUT2D eigenvalue weighted by Gasteiger charge is 2.08. The van der Waals surface area contributed by atoms with E-state index in [1.165, 1.54) is 0 Å². The maximum atomic E-state index is 10.6.